The van der Waals surface area contributed by atoms with Crippen LogP contribution in [0, 0.1) is 18.3 Å². The van der Waals surface area contributed by atoms with Gasteiger partial charge in [-0.15, -0.1) is 0 Å². The summed E-state index contributed by atoms with van der Waals surface area (Å²) in [6, 6.07) is 16.4. The van der Waals surface area contributed by atoms with Crippen LogP contribution in [0.5, 0.6) is 11.6 Å². The van der Waals surface area contributed by atoms with E-state index in [0.29, 0.717) is 16.9 Å². The van der Waals surface area contributed by atoms with Gasteiger partial charge in [0, 0.05) is 10.9 Å². The fourth-order valence-corrected chi connectivity index (χ4v) is 2.16. The van der Waals surface area contributed by atoms with Crippen molar-refractivity contribution in [2.45, 2.75) is 6.92 Å². The molecule has 1 aromatic heterocycles. The van der Waals surface area contributed by atoms with Crippen LogP contribution in [0.15, 0.2) is 48.5 Å². The lowest BCUT2D eigenvalue weighted by atomic mass is 10.1. The molecule has 0 amide bonds. The Hall–Kier alpha value is -3.19. The molecule has 1 heterocycles. The van der Waals surface area contributed by atoms with Crippen LogP contribution in [0.3, 0.4) is 0 Å². The first kappa shape index (κ1) is 13.8. The van der Waals surface area contributed by atoms with Gasteiger partial charge < -0.3 is 4.74 Å². The highest BCUT2D eigenvalue weighted by Gasteiger charge is 2.09. The molecule has 0 N–H and O–H groups in total. The van der Waals surface area contributed by atoms with E-state index in [9.17, 15) is 10.1 Å². The molecule has 22 heavy (non-hydrogen) atoms. The molecular weight excluding hydrogens is 276 g/mol. The van der Waals surface area contributed by atoms with E-state index in [0.717, 1.165) is 22.8 Å². The summed E-state index contributed by atoms with van der Waals surface area (Å²) >= 11 is 0. The van der Waals surface area contributed by atoms with E-state index >= 15 is 0 Å². The maximum Gasteiger partial charge on any atom is 0.237 e. The van der Waals surface area contributed by atoms with Gasteiger partial charge in [0.1, 0.15) is 23.7 Å². The molecule has 0 fully saturated rings. The number of aldehydes is 1. The molecule has 0 unspecified atom stereocenters. The van der Waals surface area contributed by atoms with Crippen LogP contribution in [-0.4, -0.2) is 11.3 Å². The monoisotopic (exact) mass is 288 g/mol. The van der Waals surface area contributed by atoms with Crippen LogP contribution in [0.25, 0.3) is 10.9 Å². The molecule has 3 rings (SSSR count). The number of aromatic nitrogens is 1. The Morgan fingerprint density at radius 2 is 1.91 bits per heavy atom. The van der Waals surface area contributed by atoms with Crippen molar-refractivity contribution < 1.29 is 9.53 Å². The average molecular weight is 288 g/mol. The Kier molecular flexibility index (Phi) is 3.55. The Bertz CT molecular complexity index is 893. The van der Waals surface area contributed by atoms with Crippen molar-refractivity contribution in [2.75, 3.05) is 0 Å². The number of carbonyl (C=O) groups excluding carboxylic acids is 1. The van der Waals surface area contributed by atoms with Crippen molar-refractivity contribution in [3.63, 3.8) is 0 Å². The van der Waals surface area contributed by atoms with Crippen molar-refractivity contribution in [1.29, 1.82) is 5.26 Å². The second kappa shape index (κ2) is 5.66. The lowest BCUT2D eigenvalue weighted by Gasteiger charge is -2.08. The molecule has 4 heteroatoms. The number of hydrogen-bond donors (Lipinski definition) is 0. The first-order valence-corrected chi connectivity index (χ1v) is 6.74. The zero-order chi connectivity index (χ0) is 15.5. The Morgan fingerprint density at radius 1 is 1.14 bits per heavy atom. The van der Waals surface area contributed by atoms with Gasteiger partial charge in [-0.3, -0.25) is 4.79 Å². The molecule has 0 aliphatic heterocycles. The summed E-state index contributed by atoms with van der Waals surface area (Å²) in [6.45, 7) is 1.99. The fraction of sp³-hybridized carbons (Fsp3) is 0.0556. The number of aryl methyl sites for hydroxylation is 1. The van der Waals surface area contributed by atoms with Crippen LogP contribution in [0.2, 0.25) is 0 Å². The van der Waals surface area contributed by atoms with Crippen LogP contribution in [0.4, 0.5) is 0 Å². The zero-order valence-electron chi connectivity index (χ0n) is 11.9. The summed E-state index contributed by atoms with van der Waals surface area (Å²) in [5, 5.41) is 10.2. The molecule has 106 valence electrons. The predicted octanol–water partition coefficient (Wildman–Crippen LogP) is 4.02. The highest BCUT2D eigenvalue weighted by Crippen LogP contribution is 2.27. The van der Waals surface area contributed by atoms with Gasteiger partial charge in [-0.05, 0) is 49.4 Å². The van der Waals surface area contributed by atoms with Gasteiger partial charge in [-0.2, -0.15) is 5.26 Å². The van der Waals surface area contributed by atoms with E-state index in [-0.39, 0.29) is 5.88 Å². The number of carbonyl (C=O) groups is 1. The summed E-state index contributed by atoms with van der Waals surface area (Å²) in [4.78, 5) is 15.1. The SMILES string of the molecule is Cc1ccc2nc(Oc3ccc(C=O)cc3)c(C#N)cc2c1. The third-order valence-electron chi connectivity index (χ3n) is 3.29. The molecule has 0 saturated heterocycles. The van der Waals surface area contributed by atoms with Crippen LogP contribution in [-0.2, 0) is 0 Å². The smallest absolute Gasteiger partial charge is 0.237 e. The molecule has 0 saturated carbocycles. The molecule has 0 atom stereocenters. The fourth-order valence-electron chi connectivity index (χ4n) is 2.16. The first-order valence-electron chi connectivity index (χ1n) is 6.74. The lowest BCUT2D eigenvalue weighted by Crippen LogP contribution is -1.93. The van der Waals surface area contributed by atoms with Gasteiger partial charge in [0.25, 0.3) is 0 Å². The number of pyridine rings is 1. The summed E-state index contributed by atoms with van der Waals surface area (Å²) in [5.74, 6) is 0.791. The normalized spacial score (nSPS) is 10.2. The maximum absolute atomic E-state index is 10.7. The van der Waals surface area contributed by atoms with E-state index in [2.05, 4.69) is 11.1 Å². The lowest BCUT2D eigenvalue weighted by molar-refractivity contribution is 0.112. The molecule has 0 radical (unpaired) electrons. The molecular formula is C18H12N2O2. The highest BCUT2D eigenvalue weighted by atomic mass is 16.5. The van der Waals surface area contributed by atoms with E-state index in [1.807, 2.05) is 25.1 Å². The minimum absolute atomic E-state index is 0.262. The number of hydrogen-bond acceptors (Lipinski definition) is 4. The number of rotatable bonds is 3. The van der Waals surface area contributed by atoms with Gasteiger partial charge in [0.15, 0.2) is 0 Å². The molecule has 3 aromatic rings. The average Bonchev–Trinajstić information content (AvgIpc) is 2.55. The molecule has 0 aliphatic carbocycles. The van der Waals surface area contributed by atoms with Crippen LogP contribution >= 0.6 is 0 Å². The maximum atomic E-state index is 10.7. The summed E-state index contributed by atoms with van der Waals surface area (Å²) in [7, 11) is 0. The van der Waals surface area contributed by atoms with Crippen molar-refractivity contribution in [3.05, 3.63) is 65.2 Å². The minimum atomic E-state index is 0.262. The number of fused-ring (bicyclic) bond motifs is 1. The van der Waals surface area contributed by atoms with Gasteiger partial charge in [-0.1, -0.05) is 11.6 Å². The molecule has 0 aliphatic rings. The number of benzene rings is 2. The van der Waals surface area contributed by atoms with Crippen molar-refractivity contribution in [2.24, 2.45) is 0 Å². The van der Waals surface area contributed by atoms with Crippen LogP contribution < -0.4 is 4.74 Å². The van der Waals surface area contributed by atoms with E-state index in [1.165, 1.54) is 0 Å². The molecule has 2 aromatic carbocycles. The first-order chi connectivity index (χ1) is 10.7. The van der Waals surface area contributed by atoms with Gasteiger partial charge in [0.2, 0.25) is 5.88 Å². The standard InChI is InChI=1S/C18H12N2O2/c1-12-2-7-17-14(8-12)9-15(10-19)18(20-17)22-16-5-3-13(11-21)4-6-16/h2-9,11H,1H3. The van der Waals surface area contributed by atoms with E-state index in [4.69, 9.17) is 4.74 Å². The van der Waals surface area contributed by atoms with Crippen molar-refractivity contribution in [3.8, 4) is 17.7 Å². The Balaban J connectivity index is 2.03. The Labute approximate surface area is 127 Å². The molecule has 0 bridgehead atoms. The molecule has 4 nitrogen and oxygen atoms in total. The number of nitrogens with zero attached hydrogens (tertiary/aromatic N) is 2. The summed E-state index contributed by atoms with van der Waals surface area (Å²) in [5.41, 5.74) is 2.81. The van der Waals surface area contributed by atoms with Gasteiger partial charge in [0.05, 0.1) is 5.52 Å². The van der Waals surface area contributed by atoms with Crippen molar-refractivity contribution >= 4 is 17.2 Å². The third kappa shape index (κ3) is 2.65. The second-order valence-electron chi connectivity index (χ2n) is 4.94. The number of ether oxygens (including phenoxy) is 1. The largest absolute Gasteiger partial charge is 0.438 e. The zero-order valence-corrected chi connectivity index (χ0v) is 11.9. The van der Waals surface area contributed by atoms with E-state index in [1.54, 1.807) is 30.3 Å². The second-order valence-corrected chi connectivity index (χ2v) is 4.94. The third-order valence-corrected chi connectivity index (χ3v) is 3.29. The van der Waals surface area contributed by atoms with E-state index < -0.39 is 0 Å². The minimum Gasteiger partial charge on any atom is -0.438 e. The van der Waals surface area contributed by atoms with Gasteiger partial charge >= 0.3 is 0 Å². The van der Waals surface area contributed by atoms with Crippen molar-refractivity contribution in [1.82, 2.24) is 4.98 Å². The Morgan fingerprint density at radius 3 is 2.59 bits per heavy atom. The quantitative estimate of drug-likeness (QED) is 0.683. The number of nitriles is 1. The summed E-state index contributed by atoms with van der Waals surface area (Å²) < 4.78 is 5.69. The topological polar surface area (TPSA) is 63.0 Å². The van der Waals surface area contributed by atoms with Crippen LogP contribution in [0.1, 0.15) is 21.5 Å². The van der Waals surface area contributed by atoms with Gasteiger partial charge in [-0.25, -0.2) is 4.98 Å². The molecule has 0 spiro atoms. The summed E-state index contributed by atoms with van der Waals surface area (Å²) in [6.07, 6.45) is 0.765. The predicted molar refractivity (Wildman–Crippen MR) is 83.1 cm³/mol. The highest BCUT2D eigenvalue weighted by molar-refractivity contribution is 5.81.